The van der Waals surface area contributed by atoms with E-state index in [1.165, 1.54) is 37.2 Å². The van der Waals surface area contributed by atoms with Crippen molar-refractivity contribution in [1.29, 1.82) is 5.41 Å². The zero-order valence-electron chi connectivity index (χ0n) is 18.6. The second-order valence-electron chi connectivity index (χ2n) is 8.42. The Hall–Kier alpha value is -2.82. The number of ketones is 1. The van der Waals surface area contributed by atoms with Crippen molar-refractivity contribution < 1.29 is 23.9 Å². The van der Waals surface area contributed by atoms with Gasteiger partial charge in [0.2, 0.25) is 0 Å². The van der Waals surface area contributed by atoms with Crippen LogP contribution >= 0.6 is 24.2 Å². The molecule has 11 heteroatoms. The normalized spacial score (nSPS) is 15.1. The maximum atomic E-state index is 13.1. The number of rotatable bonds is 6. The zero-order chi connectivity index (χ0) is 25.2. The highest BCUT2D eigenvalue weighted by atomic mass is 35.5. The van der Waals surface area contributed by atoms with Crippen LogP contribution in [0.4, 0.5) is 4.39 Å². The first-order chi connectivity index (χ1) is 15.9. The van der Waals surface area contributed by atoms with Crippen LogP contribution in [0.2, 0.25) is 5.15 Å². The molecule has 3 rings (SSSR count). The molecular formula is C23H24ClFN4O4S. The summed E-state index contributed by atoms with van der Waals surface area (Å²) in [6.45, 7) is 0.473. The summed E-state index contributed by atoms with van der Waals surface area (Å²) in [7, 11) is 2.77. The van der Waals surface area contributed by atoms with Crippen LogP contribution in [0, 0.1) is 11.2 Å². The van der Waals surface area contributed by atoms with E-state index in [0.717, 1.165) is 10.5 Å². The number of hydrogen-bond donors (Lipinski definition) is 3. The minimum absolute atomic E-state index is 0.0340. The maximum absolute atomic E-state index is 13.1. The van der Waals surface area contributed by atoms with Crippen LogP contribution in [0.3, 0.4) is 0 Å². The summed E-state index contributed by atoms with van der Waals surface area (Å²) in [5, 5.41) is 18.9. The number of aliphatic hydroxyl groups is 1. The van der Waals surface area contributed by atoms with Gasteiger partial charge in [-0.2, -0.15) is 0 Å². The number of Topliss-reactive ketones (excluding diaryl/α,β-unsaturated/α-hetero) is 1. The van der Waals surface area contributed by atoms with Gasteiger partial charge in [0, 0.05) is 39.2 Å². The fourth-order valence-electron chi connectivity index (χ4n) is 3.70. The van der Waals surface area contributed by atoms with E-state index >= 15 is 0 Å². The van der Waals surface area contributed by atoms with Gasteiger partial charge in [-0.1, -0.05) is 23.7 Å². The molecule has 1 aliphatic heterocycles. The van der Waals surface area contributed by atoms with Gasteiger partial charge in [0.1, 0.15) is 21.7 Å². The van der Waals surface area contributed by atoms with E-state index in [1.807, 2.05) is 0 Å². The van der Waals surface area contributed by atoms with E-state index in [9.17, 15) is 23.9 Å². The van der Waals surface area contributed by atoms with Gasteiger partial charge < -0.3 is 14.9 Å². The van der Waals surface area contributed by atoms with Gasteiger partial charge in [-0.3, -0.25) is 19.8 Å². The highest BCUT2D eigenvalue weighted by Crippen LogP contribution is 2.29. The second kappa shape index (κ2) is 10.2. The second-order valence-corrected chi connectivity index (χ2v) is 9.20. The Morgan fingerprint density at radius 2 is 1.79 bits per heavy atom. The van der Waals surface area contributed by atoms with Gasteiger partial charge in [-0.05, 0) is 36.6 Å². The molecule has 2 heterocycles. The van der Waals surface area contributed by atoms with Crippen molar-refractivity contribution in [1.82, 2.24) is 14.8 Å². The zero-order valence-corrected chi connectivity index (χ0v) is 20.3. The highest BCUT2D eigenvalue weighted by Gasteiger charge is 2.35. The number of likely N-dealkylation sites (tertiary alicyclic amines) is 1. The summed E-state index contributed by atoms with van der Waals surface area (Å²) in [6.07, 6.45) is 0.921. The fraction of sp³-hybridized carbons (Fsp3) is 0.348. The maximum Gasteiger partial charge on any atom is 0.296 e. The lowest BCUT2D eigenvalue weighted by atomic mass is 9.85. The smallest absolute Gasteiger partial charge is 0.296 e. The molecule has 0 unspecified atom stereocenters. The van der Waals surface area contributed by atoms with E-state index in [1.54, 1.807) is 12.1 Å². The molecule has 0 bridgehead atoms. The molecule has 1 aromatic heterocycles. The number of piperidine rings is 1. The van der Waals surface area contributed by atoms with E-state index in [4.69, 9.17) is 17.0 Å². The predicted octanol–water partition coefficient (Wildman–Crippen LogP) is 2.40. The van der Waals surface area contributed by atoms with E-state index < -0.39 is 28.9 Å². The lowest BCUT2D eigenvalue weighted by molar-refractivity contribution is -0.139. The van der Waals surface area contributed by atoms with Crippen LogP contribution in [0.25, 0.3) is 0 Å². The molecule has 0 saturated carbocycles. The SMILES string of the molecule is CN(C)C(=O)C(=O)C(=N)c1cc(C(=O)N2CCC(O)(Cc3ccc(F)cc3)CC2)c(Cl)nc1S. The van der Waals surface area contributed by atoms with Crippen molar-refractivity contribution in [3.05, 3.63) is 58.0 Å². The van der Waals surface area contributed by atoms with Crippen molar-refractivity contribution in [3.8, 4) is 0 Å². The quantitative estimate of drug-likeness (QED) is 0.241. The van der Waals surface area contributed by atoms with Crippen molar-refractivity contribution >= 4 is 47.5 Å². The van der Waals surface area contributed by atoms with Gasteiger partial charge >= 0.3 is 0 Å². The number of carbonyl (C=O) groups is 3. The topological polar surface area (TPSA) is 115 Å². The Morgan fingerprint density at radius 1 is 1.21 bits per heavy atom. The number of aromatic nitrogens is 1. The minimum atomic E-state index is -1.06. The molecule has 2 N–H and O–H groups in total. The molecule has 1 aromatic carbocycles. The van der Waals surface area contributed by atoms with Crippen LogP contribution in [0.5, 0.6) is 0 Å². The Morgan fingerprint density at radius 3 is 2.35 bits per heavy atom. The number of thiol groups is 1. The average Bonchev–Trinajstić information content (AvgIpc) is 2.79. The standard InChI is InChI=1S/C23H24ClFN4O4S/c1-28(2)22(32)18(30)17(26)15-11-16(19(24)27-20(15)34)21(31)29-9-7-23(33,8-10-29)12-13-3-5-14(25)6-4-13/h3-6,11,26,33H,7-10,12H2,1-2H3,(H,27,34). The van der Waals surface area contributed by atoms with E-state index in [0.29, 0.717) is 19.3 Å². The van der Waals surface area contributed by atoms with Crippen molar-refractivity contribution in [3.63, 3.8) is 0 Å². The number of hydrogen-bond acceptors (Lipinski definition) is 7. The number of benzene rings is 1. The highest BCUT2D eigenvalue weighted by molar-refractivity contribution is 7.80. The van der Waals surface area contributed by atoms with Gasteiger partial charge in [0.15, 0.2) is 0 Å². The molecule has 8 nitrogen and oxygen atoms in total. The average molecular weight is 507 g/mol. The molecule has 2 amide bonds. The molecule has 0 atom stereocenters. The van der Waals surface area contributed by atoms with Crippen LogP contribution in [0.1, 0.15) is 34.3 Å². The number of pyridine rings is 1. The molecule has 1 aliphatic rings. The molecular weight excluding hydrogens is 483 g/mol. The third kappa shape index (κ3) is 5.63. The summed E-state index contributed by atoms with van der Waals surface area (Å²) in [6, 6.07) is 7.15. The van der Waals surface area contributed by atoms with Gasteiger partial charge in [0.25, 0.3) is 17.6 Å². The molecule has 1 saturated heterocycles. The molecule has 2 aromatic rings. The predicted molar refractivity (Wildman–Crippen MR) is 127 cm³/mol. The largest absolute Gasteiger partial charge is 0.389 e. The van der Waals surface area contributed by atoms with Gasteiger partial charge in [-0.25, -0.2) is 9.37 Å². The first-order valence-electron chi connectivity index (χ1n) is 10.4. The molecule has 0 radical (unpaired) electrons. The number of nitrogens with zero attached hydrogens (tertiary/aromatic N) is 3. The van der Waals surface area contributed by atoms with Crippen molar-refractivity contribution in [2.24, 2.45) is 0 Å². The van der Waals surface area contributed by atoms with Crippen LogP contribution in [-0.4, -0.2) is 76.0 Å². The number of likely N-dealkylation sites (N-methyl/N-ethyl adjacent to an activating group) is 1. The Labute approximate surface area is 206 Å². The third-order valence-electron chi connectivity index (χ3n) is 5.71. The summed E-state index contributed by atoms with van der Waals surface area (Å²) in [5.41, 5.74) is -1.01. The minimum Gasteiger partial charge on any atom is -0.389 e. The first-order valence-corrected chi connectivity index (χ1v) is 11.2. The molecule has 34 heavy (non-hydrogen) atoms. The molecule has 1 fully saturated rings. The number of carbonyl (C=O) groups excluding carboxylic acids is 3. The summed E-state index contributed by atoms with van der Waals surface area (Å²) < 4.78 is 13.1. The summed E-state index contributed by atoms with van der Waals surface area (Å²) in [5.74, 6) is -2.78. The number of amides is 2. The third-order valence-corrected chi connectivity index (χ3v) is 6.34. The van der Waals surface area contributed by atoms with Gasteiger partial charge in [0.05, 0.1) is 11.2 Å². The number of nitrogens with one attached hydrogen (secondary N) is 1. The monoisotopic (exact) mass is 506 g/mol. The molecule has 0 spiro atoms. The summed E-state index contributed by atoms with van der Waals surface area (Å²) >= 11 is 10.3. The van der Waals surface area contributed by atoms with Crippen LogP contribution < -0.4 is 0 Å². The summed E-state index contributed by atoms with van der Waals surface area (Å²) in [4.78, 5) is 43.9. The van der Waals surface area contributed by atoms with E-state index in [-0.39, 0.29) is 40.2 Å². The first kappa shape index (κ1) is 25.8. The van der Waals surface area contributed by atoms with Crippen molar-refractivity contribution in [2.45, 2.75) is 29.9 Å². The Balaban J connectivity index is 1.75. The Kier molecular flexibility index (Phi) is 7.74. The van der Waals surface area contributed by atoms with Crippen LogP contribution in [-0.2, 0) is 16.0 Å². The molecule has 180 valence electrons. The van der Waals surface area contributed by atoms with Crippen molar-refractivity contribution in [2.75, 3.05) is 27.2 Å². The van der Waals surface area contributed by atoms with Gasteiger partial charge in [-0.15, -0.1) is 12.6 Å². The van der Waals surface area contributed by atoms with E-state index in [2.05, 4.69) is 17.6 Å². The Bertz CT molecular complexity index is 1150. The lowest BCUT2D eigenvalue weighted by Gasteiger charge is -2.38. The van der Waals surface area contributed by atoms with Crippen LogP contribution in [0.15, 0.2) is 35.4 Å². The fourth-order valence-corrected chi connectivity index (χ4v) is 4.26. The lowest BCUT2D eigenvalue weighted by Crippen LogP contribution is -2.47. The molecule has 0 aliphatic carbocycles. The number of halogens is 2.